The number of alkyl halides is 6. The molecule has 42 heavy (non-hydrogen) atoms. The predicted octanol–water partition coefficient (Wildman–Crippen LogP) is 6.33. The molecule has 0 spiro atoms. The molecule has 0 radical (unpaired) electrons. The number of carbonyl (C=O) groups is 2. The molecule has 0 N–H and O–H groups in total. The lowest BCUT2D eigenvalue weighted by atomic mass is 9.44. The van der Waals surface area contributed by atoms with Crippen molar-refractivity contribution in [1.82, 2.24) is 0 Å². The van der Waals surface area contributed by atoms with E-state index < -0.39 is 70.7 Å². The lowest BCUT2D eigenvalue weighted by molar-refractivity contribution is -0.286. The van der Waals surface area contributed by atoms with Crippen LogP contribution >= 0.6 is 0 Å². The molecule has 2 aromatic rings. The number of fused-ring (bicyclic) bond motifs is 2. The Kier molecular flexibility index (Phi) is 8.47. The first-order valence-electron chi connectivity index (χ1n) is 13.3. The van der Waals surface area contributed by atoms with Crippen molar-refractivity contribution in [3.05, 3.63) is 71.8 Å². The molecule has 3 saturated carbocycles. The monoisotopic (exact) mass is 602 g/mol. The van der Waals surface area contributed by atoms with Crippen LogP contribution in [0.4, 0.5) is 26.3 Å². The van der Waals surface area contributed by atoms with E-state index in [1.165, 1.54) is 36.4 Å². The fraction of sp³-hybridized carbons (Fsp3) is 0.533. The van der Waals surface area contributed by atoms with Crippen molar-refractivity contribution in [3.63, 3.8) is 0 Å². The summed E-state index contributed by atoms with van der Waals surface area (Å²) in [4.78, 5) is 26.4. The summed E-state index contributed by atoms with van der Waals surface area (Å²) in [5.74, 6) is -4.35. The molecule has 0 unspecified atom stereocenters. The average Bonchev–Trinajstić information content (AvgIpc) is 2.92. The zero-order valence-corrected chi connectivity index (χ0v) is 23.4. The lowest BCUT2D eigenvalue weighted by Gasteiger charge is -2.62. The average molecular weight is 603 g/mol. The van der Waals surface area contributed by atoms with Crippen molar-refractivity contribution < 1.29 is 54.9 Å². The van der Waals surface area contributed by atoms with Gasteiger partial charge < -0.3 is 18.9 Å². The summed E-state index contributed by atoms with van der Waals surface area (Å²) in [5.41, 5.74) is -8.24. The maximum absolute atomic E-state index is 14.4. The molecule has 6 atom stereocenters. The van der Waals surface area contributed by atoms with Crippen molar-refractivity contribution in [2.45, 2.75) is 56.3 Å². The molecule has 12 heteroatoms. The lowest BCUT2D eigenvalue weighted by Crippen LogP contribution is -2.62. The highest BCUT2D eigenvalue weighted by Gasteiger charge is 2.67. The van der Waals surface area contributed by atoms with Gasteiger partial charge in [0.05, 0.1) is 6.61 Å². The SMILES string of the molecule is CO[C@@](C(=O)OC[C@H]1C[C@@H](OC(=O)[C@](OC)(c2ccccc2)C(F)(F)F)[C@@H]2C[C@H]1C2(C)C)(c1ccccc1)C(F)(F)F. The molecular formula is C30H32F6O6. The molecule has 3 aliphatic carbocycles. The van der Waals surface area contributed by atoms with Gasteiger partial charge in [-0.3, -0.25) is 0 Å². The summed E-state index contributed by atoms with van der Waals surface area (Å²) >= 11 is 0. The molecule has 3 fully saturated rings. The van der Waals surface area contributed by atoms with Gasteiger partial charge >= 0.3 is 24.3 Å². The van der Waals surface area contributed by atoms with E-state index in [-0.39, 0.29) is 18.3 Å². The Balaban J connectivity index is 1.57. The normalized spacial score (nSPS) is 26.2. The summed E-state index contributed by atoms with van der Waals surface area (Å²) < 4.78 is 106. The Morgan fingerprint density at radius 1 is 0.738 bits per heavy atom. The van der Waals surface area contributed by atoms with Gasteiger partial charge in [-0.05, 0) is 30.1 Å². The van der Waals surface area contributed by atoms with Gasteiger partial charge in [-0.25, -0.2) is 9.59 Å². The highest BCUT2D eigenvalue weighted by molar-refractivity contribution is 5.83. The van der Waals surface area contributed by atoms with E-state index in [9.17, 15) is 35.9 Å². The van der Waals surface area contributed by atoms with Crippen LogP contribution in [0.25, 0.3) is 0 Å². The van der Waals surface area contributed by atoms with Crippen LogP contribution in [0.3, 0.4) is 0 Å². The maximum atomic E-state index is 14.4. The third kappa shape index (κ3) is 4.96. The number of hydrogen-bond donors (Lipinski definition) is 0. The molecule has 5 rings (SSSR count). The maximum Gasteiger partial charge on any atom is 0.432 e. The Morgan fingerprint density at radius 3 is 1.60 bits per heavy atom. The zero-order valence-electron chi connectivity index (χ0n) is 23.4. The fourth-order valence-electron chi connectivity index (χ4n) is 6.65. The molecule has 0 aliphatic heterocycles. The first-order valence-corrected chi connectivity index (χ1v) is 13.3. The second-order valence-electron chi connectivity index (χ2n) is 11.3. The topological polar surface area (TPSA) is 71.1 Å². The Labute approximate surface area is 239 Å². The highest BCUT2D eigenvalue weighted by atomic mass is 19.4. The number of carbonyl (C=O) groups excluding carboxylic acids is 2. The number of ether oxygens (including phenoxy) is 4. The van der Waals surface area contributed by atoms with Crippen LogP contribution in [0, 0.1) is 23.2 Å². The quantitative estimate of drug-likeness (QED) is 0.247. The molecular weight excluding hydrogens is 570 g/mol. The van der Waals surface area contributed by atoms with Gasteiger partial charge in [-0.15, -0.1) is 0 Å². The molecule has 0 saturated heterocycles. The van der Waals surface area contributed by atoms with Gasteiger partial charge in [0, 0.05) is 31.3 Å². The molecule has 2 bridgehead atoms. The Morgan fingerprint density at radius 2 is 1.19 bits per heavy atom. The van der Waals surface area contributed by atoms with E-state index in [1.54, 1.807) is 0 Å². The number of benzene rings is 2. The molecule has 0 aromatic heterocycles. The zero-order chi connectivity index (χ0) is 31.1. The Hall–Kier alpha value is -3.12. The number of rotatable bonds is 9. The van der Waals surface area contributed by atoms with E-state index in [1.807, 2.05) is 13.8 Å². The van der Waals surface area contributed by atoms with E-state index >= 15 is 0 Å². The van der Waals surface area contributed by atoms with Crippen LogP contribution in [0.2, 0.25) is 0 Å². The van der Waals surface area contributed by atoms with Crippen molar-refractivity contribution in [1.29, 1.82) is 0 Å². The summed E-state index contributed by atoms with van der Waals surface area (Å²) in [6.07, 6.45) is -10.9. The van der Waals surface area contributed by atoms with E-state index in [0.717, 1.165) is 38.5 Å². The third-order valence-electron chi connectivity index (χ3n) is 9.01. The van der Waals surface area contributed by atoms with Gasteiger partial charge in [0.1, 0.15) is 6.10 Å². The van der Waals surface area contributed by atoms with Crippen LogP contribution in [-0.4, -0.2) is 51.2 Å². The van der Waals surface area contributed by atoms with Gasteiger partial charge in [0.2, 0.25) is 0 Å². The standard InChI is InChI=1S/C30H32F6O6/c1-26(2)21-16-22(26)23(42-25(38)28(40-4,30(34,35)36)20-13-9-6-10-14-20)15-18(21)17-41-24(37)27(39-3,29(31,32)33)19-11-7-5-8-12-19/h5-14,18,21-23H,15-17H2,1-4H3/t18-,21-,22+,23-,27-,28-/m1/s1. The largest absolute Gasteiger partial charge is 0.463 e. The molecule has 230 valence electrons. The van der Waals surface area contributed by atoms with Crippen molar-refractivity contribution in [3.8, 4) is 0 Å². The van der Waals surface area contributed by atoms with Crippen LogP contribution in [0.1, 0.15) is 37.8 Å². The van der Waals surface area contributed by atoms with Gasteiger partial charge in [-0.2, -0.15) is 26.3 Å². The highest BCUT2D eigenvalue weighted by Crippen LogP contribution is 2.62. The Bertz CT molecular complexity index is 1260. The number of halogens is 6. The number of esters is 2. The predicted molar refractivity (Wildman–Crippen MR) is 137 cm³/mol. The molecule has 0 amide bonds. The second-order valence-corrected chi connectivity index (χ2v) is 11.3. The minimum Gasteiger partial charge on any atom is -0.463 e. The van der Waals surface area contributed by atoms with E-state index in [0.29, 0.717) is 6.42 Å². The number of hydrogen-bond acceptors (Lipinski definition) is 6. The van der Waals surface area contributed by atoms with Crippen molar-refractivity contribution >= 4 is 11.9 Å². The first kappa shape index (κ1) is 31.8. The smallest absolute Gasteiger partial charge is 0.432 e. The van der Waals surface area contributed by atoms with Gasteiger partial charge in [0.25, 0.3) is 11.2 Å². The first-order chi connectivity index (χ1) is 19.6. The molecule has 3 aliphatic rings. The third-order valence-corrected chi connectivity index (χ3v) is 9.01. The number of methoxy groups -OCH3 is 2. The van der Waals surface area contributed by atoms with Crippen molar-refractivity contribution in [2.24, 2.45) is 23.2 Å². The van der Waals surface area contributed by atoms with Gasteiger partial charge in [-0.1, -0.05) is 74.5 Å². The van der Waals surface area contributed by atoms with Crippen LogP contribution in [-0.2, 0) is 39.7 Å². The molecule has 0 heterocycles. The van der Waals surface area contributed by atoms with E-state index in [2.05, 4.69) is 0 Å². The fourth-order valence-corrected chi connectivity index (χ4v) is 6.65. The summed E-state index contributed by atoms with van der Waals surface area (Å²) in [5, 5.41) is 0. The minimum atomic E-state index is -5.17. The summed E-state index contributed by atoms with van der Waals surface area (Å²) in [7, 11) is 1.52. The van der Waals surface area contributed by atoms with Gasteiger partial charge in [0.15, 0.2) is 0 Å². The van der Waals surface area contributed by atoms with Crippen LogP contribution in [0.15, 0.2) is 60.7 Å². The summed E-state index contributed by atoms with van der Waals surface area (Å²) in [6, 6.07) is 12.7. The van der Waals surface area contributed by atoms with Crippen LogP contribution in [0.5, 0.6) is 0 Å². The second kappa shape index (κ2) is 11.2. The minimum absolute atomic E-state index is 0.0123. The molecule has 6 nitrogen and oxygen atoms in total. The van der Waals surface area contributed by atoms with Crippen LogP contribution < -0.4 is 0 Å². The molecule has 2 aromatic carbocycles. The van der Waals surface area contributed by atoms with Crippen molar-refractivity contribution in [2.75, 3.05) is 20.8 Å². The van der Waals surface area contributed by atoms with E-state index in [4.69, 9.17) is 18.9 Å². The summed E-state index contributed by atoms with van der Waals surface area (Å²) in [6.45, 7) is 3.20.